The first kappa shape index (κ1) is 16.7. The third-order valence-electron chi connectivity index (χ3n) is 6.28. The van der Waals surface area contributed by atoms with Gasteiger partial charge in [-0.1, -0.05) is 6.92 Å². The van der Waals surface area contributed by atoms with Gasteiger partial charge in [-0.2, -0.15) is 5.10 Å². The van der Waals surface area contributed by atoms with E-state index >= 15 is 0 Å². The zero-order chi connectivity index (χ0) is 18.0. The molecule has 5 rings (SSSR count). The van der Waals surface area contributed by atoms with E-state index in [1.165, 1.54) is 0 Å². The number of hydrogen-bond acceptors (Lipinski definition) is 4. The second-order valence-electron chi connectivity index (χ2n) is 9.55. The molecule has 1 amide bonds. The van der Waals surface area contributed by atoms with Gasteiger partial charge in [0.2, 0.25) is 0 Å². The Kier molecular flexibility index (Phi) is 3.61. The molecule has 0 aliphatic heterocycles. The van der Waals surface area contributed by atoms with Gasteiger partial charge in [0, 0.05) is 17.5 Å². The first-order chi connectivity index (χ1) is 11.7. The molecule has 1 aromatic rings. The lowest BCUT2D eigenvalue weighted by atomic mass is 9.50. The van der Waals surface area contributed by atoms with Gasteiger partial charge in [0.05, 0.1) is 11.2 Å². The predicted molar refractivity (Wildman–Crippen MR) is 96.3 cm³/mol. The van der Waals surface area contributed by atoms with Crippen LogP contribution in [0.3, 0.4) is 0 Å². The summed E-state index contributed by atoms with van der Waals surface area (Å²) in [5, 5.41) is 7.83. The van der Waals surface area contributed by atoms with Crippen molar-refractivity contribution in [2.24, 2.45) is 11.8 Å². The number of carbonyl (C=O) groups excluding carboxylic acids is 1. The summed E-state index contributed by atoms with van der Waals surface area (Å²) in [4.78, 5) is 12.2. The minimum Gasteiger partial charge on any atom is -0.446 e. The summed E-state index contributed by atoms with van der Waals surface area (Å²) >= 11 is 0. The molecule has 1 aromatic heterocycles. The lowest BCUT2D eigenvalue weighted by Crippen LogP contribution is -2.68. The summed E-state index contributed by atoms with van der Waals surface area (Å²) < 4.78 is 7.65. The standard InChI is InChI=1S/C19H30N4O2/c1-11-5-13(14-7-16(20)23(22-14)18(2,3)4)6-15(11)25-17(24)21-19-8-12(9-19)10-19/h7,11-13,15H,5-6,8-10,20H2,1-4H3,(H,21,24)/t11-,12?,13+,15+,19?/m1/s1. The maximum Gasteiger partial charge on any atom is 0.407 e. The van der Waals surface area contributed by atoms with Crippen LogP contribution in [0.4, 0.5) is 10.6 Å². The third-order valence-corrected chi connectivity index (χ3v) is 6.28. The van der Waals surface area contributed by atoms with Crippen LogP contribution in [0.15, 0.2) is 6.07 Å². The number of ether oxygens (including phenoxy) is 1. The molecule has 0 aromatic carbocycles. The lowest BCUT2D eigenvalue weighted by Gasteiger charge is -2.61. The van der Waals surface area contributed by atoms with E-state index in [2.05, 4.69) is 33.0 Å². The molecule has 6 nitrogen and oxygen atoms in total. The normalized spacial score (nSPS) is 36.5. The van der Waals surface area contributed by atoms with Crippen LogP contribution in [0.5, 0.6) is 0 Å². The summed E-state index contributed by atoms with van der Waals surface area (Å²) in [6.45, 7) is 8.44. The van der Waals surface area contributed by atoms with Crippen molar-refractivity contribution in [3.05, 3.63) is 11.8 Å². The minimum absolute atomic E-state index is 0.0432. The van der Waals surface area contributed by atoms with Gasteiger partial charge in [0.25, 0.3) is 0 Å². The fourth-order valence-corrected chi connectivity index (χ4v) is 4.78. The zero-order valence-electron chi connectivity index (χ0n) is 15.7. The molecule has 4 fully saturated rings. The average molecular weight is 346 g/mol. The highest BCUT2D eigenvalue weighted by molar-refractivity contribution is 5.69. The topological polar surface area (TPSA) is 82.2 Å². The van der Waals surface area contributed by atoms with Crippen LogP contribution in [0.2, 0.25) is 0 Å². The van der Waals surface area contributed by atoms with E-state index in [9.17, 15) is 4.79 Å². The molecule has 3 N–H and O–H groups in total. The molecule has 0 spiro atoms. The Morgan fingerprint density at radius 3 is 2.56 bits per heavy atom. The molecule has 2 bridgehead atoms. The lowest BCUT2D eigenvalue weighted by molar-refractivity contribution is -0.0520. The smallest absolute Gasteiger partial charge is 0.407 e. The number of nitrogens with zero attached hydrogens (tertiary/aromatic N) is 2. The maximum atomic E-state index is 12.2. The Labute approximate surface area is 149 Å². The van der Waals surface area contributed by atoms with Crippen LogP contribution in [-0.2, 0) is 10.3 Å². The molecule has 138 valence electrons. The van der Waals surface area contributed by atoms with Crippen molar-refractivity contribution in [2.75, 3.05) is 5.73 Å². The van der Waals surface area contributed by atoms with Crippen molar-refractivity contribution in [1.82, 2.24) is 15.1 Å². The van der Waals surface area contributed by atoms with Crippen molar-refractivity contribution in [3.8, 4) is 0 Å². The van der Waals surface area contributed by atoms with E-state index in [1.54, 1.807) is 0 Å². The second-order valence-corrected chi connectivity index (χ2v) is 9.55. The van der Waals surface area contributed by atoms with Crippen LogP contribution in [0.1, 0.15) is 71.4 Å². The van der Waals surface area contributed by atoms with Gasteiger partial charge >= 0.3 is 6.09 Å². The Morgan fingerprint density at radius 2 is 2.04 bits per heavy atom. The van der Waals surface area contributed by atoms with Crippen molar-refractivity contribution in [3.63, 3.8) is 0 Å². The summed E-state index contributed by atoms with van der Waals surface area (Å²) in [6.07, 6.45) is 4.92. The Balaban J connectivity index is 1.38. The quantitative estimate of drug-likeness (QED) is 0.879. The van der Waals surface area contributed by atoms with Gasteiger partial charge in [-0.3, -0.25) is 0 Å². The molecular formula is C19H30N4O2. The zero-order valence-corrected chi connectivity index (χ0v) is 15.7. The highest BCUT2D eigenvalue weighted by Crippen LogP contribution is 2.57. The van der Waals surface area contributed by atoms with Gasteiger partial charge in [-0.05, 0) is 64.7 Å². The first-order valence-electron chi connectivity index (χ1n) is 9.50. The molecule has 4 aliphatic rings. The van der Waals surface area contributed by atoms with Crippen LogP contribution >= 0.6 is 0 Å². The number of rotatable bonds is 3. The number of aromatic nitrogens is 2. The predicted octanol–water partition coefficient (Wildman–Crippen LogP) is 3.38. The van der Waals surface area contributed by atoms with E-state index in [0.717, 1.165) is 43.7 Å². The van der Waals surface area contributed by atoms with Gasteiger partial charge < -0.3 is 15.8 Å². The van der Waals surface area contributed by atoms with E-state index in [4.69, 9.17) is 15.6 Å². The molecule has 25 heavy (non-hydrogen) atoms. The second kappa shape index (κ2) is 5.39. The average Bonchev–Trinajstić information content (AvgIpc) is 2.96. The monoisotopic (exact) mass is 346 g/mol. The minimum atomic E-state index is -0.240. The molecule has 0 saturated heterocycles. The molecule has 3 atom stereocenters. The van der Waals surface area contributed by atoms with Crippen LogP contribution in [0, 0.1) is 11.8 Å². The Hall–Kier alpha value is -1.72. The fraction of sp³-hybridized carbons (Fsp3) is 0.789. The van der Waals surface area contributed by atoms with E-state index < -0.39 is 0 Å². The maximum absolute atomic E-state index is 12.2. The number of amides is 1. The molecule has 4 aliphatic carbocycles. The molecule has 1 heterocycles. The van der Waals surface area contributed by atoms with Crippen LogP contribution in [-0.4, -0.2) is 27.5 Å². The molecule has 4 saturated carbocycles. The third kappa shape index (κ3) is 2.89. The van der Waals surface area contributed by atoms with Crippen molar-refractivity contribution >= 4 is 11.9 Å². The van der Waals surface area contributed by atoms with Crippen LogP contribution in [0.25, 0.3) is 0 Å². The van der Waals surface area contributed by atoms with Crippen molar-refractivity contribution < 1.29 is 9.53 Å². The van der Waals surface area contributed by atoms with Crippen LogP contribution < -0.4 is 11.1 Å². The van der Waals surface area contributed by atoms with Crippen molar-refractivity contribution in [2.45, 2.75) is 82.9 Å². The van der Waals surface area contributed by atoms with Gasteiger partial charge in [-0.25, -0.2) is 9.48 Å². The fourth-order valence-electron chi connectivity index (χ4n) is 4.78. The SMILES string of the molecule is C[C@@H]1C[C@H](c2cc(N)n(C(C)(C)C)n2)C[C@@H]1OC(=O)NC12CC(C1)C2. The summed E-state index contributed by atoms with van der Waals surface area (Å²) in [5.41, 5.74) is 7.10. The Bertz CT molecular complexity index is 673. The summed E-state index contributed by atoms with van der Waals surface area (Å²) in [5.74, 6) is 2.18. The van der Waals surface area contributed by atoms with Gasteiger partial charge in [0.15, 0.2) is 0 Å². The summed E-state index contributed by atoms with van der Waals surface area (Å²) in [7, 11) is 0. The largest absolute Gasteiger partial charge is 0.446 e. The molecular weight excluding hydrogens is 316 g/mol. The molecule has 0 unspecified atom stereocenters. The highest BCUT2D eigenvalue weighted by Gasteiger charge is 2.57. The molecule has 0 radical (unpaired) electrons. The van der Waals surface area contributed by atoms with E-state index in [1.807, 2.05) is 10.7 Å². The van der Waals surface area contributed by atoms with Gasteiger partial charge in [0.1, 0.15) is 11.9 Å². The van der Waals surface area contributed by atoms with Crippen molar-refractivity contribution in [1.29, 1.82) is 0 Å². The number of nitrogens with two attached hydrogens (primary N) is 1. The number of carbonyl (C=O) groups is 1. The number of alkyl carbamates (subject to hydrolysis) is 1. The number of nitrogens with one attached hydrogen (secondary N) is 1. The van der Waals surface area contributed by atoms with E-state index in [0.29, 0.717) is 17.7 Å². The van der Waals surface area contributed by atoms with Gasteiger partial charge in [-0.15, -0.1) is 0 Å². The molecule has 6 heteroatoms. The van der Waals surface area contributed by atoms with E-state index in [-0.39, 0.29) is 23.3 Å². The first-order valence-corrected chi connectivity index (χ1v) is 9.50. The number of nitrogen functional groups attached to an aromatic ring is 1. The number of anilines is 1. The summed E-state index contributed by atoms with van der Waals surface area (Å²) in [6, 6.07) is 1.98. The number of hydrogen-bond donors (Lipinski definition) is 2. The highest BCUT2D eigenvalue weighted by atomic mass is 16.6. The Morgan fingerprint density at radius 1 is 1.36 bits per heavy atom.